The van der Waals surface area contributed by atoms with E-state index in [1.165, 1.54) is 0 Å². The number of nitrogens with zero attached hydrogens (tertiary/aromatic N) is 1. The number of likely N-dealkylation sites (N-methyl/N-ethyl adjacent to an activating group) is 1. The summed E-state index contributed by atoms with van der Waals surface area (Å²) in [6.07, 6.45) is 3.03. The molecule has 2 aliphatic rings. The van der Waals surface area contributed by atoms with E-state index in [-0.39, 0.29) is 17.2 Å². The first-order valence-corrected chi connectivity index (χ1v) is 6.36. The number of halogens is 1. The molecule has 0 aromatic heterocycles. The van der Waals surface area contributed by atoms with Gasteiger partial charge >= 0.3 is 0 Å². The zero-order chi connectivity index (χ0) is 12.7. The Bertz CT molecular complexity index is 497. The number of amides is 1. The molecule has 1 aromatic rings. The van der Waals surface area contributed by atoms with Crippen LogP contribution in [-0.2, 0) is 6.42 Å². The molecule has 3 rings (SSSR count). The molecule has 1 saturated carbocycles. The maximum Gasteiger partial charge on any atom is 0.257 e. The Balaban J connectivity index is 1.90. The molecule has 4 heteroatoms. The summed E-state index contributed by atoms with van der Waals surface area (Å²) < 4.78 is 19.7. The van der Waals surface area contributed by atoms with Crippen LogP contribution in [0.2, 0.25) is 0 Å². The average Bonchev–Trinajstić information content (AvgIpc) is 3.17. The van der Waals surface area contributed by atoms with Crippen molar-refractivity contribution in [1.29, 1.82) is 0 Å². The van der Waals surface area contributed by atoms with Gasteiger partial charge in [-0.2, -0.15) is 0 Å². The first-order valence-electron chi connectivity index (χ1n) is 6.36. The molecular weight excluding hydrogens is 233 g/mol. The minimum absolute atomic E-state index is 0.192. The summed E-state index contributed by atoms with van der Waals surface area (Å²) >= 11 is 0. The van der Waals surface area contributed by atoms with E-state index < -0.39 is 5.82 Å². The van der Waals surface area contributed by atoms with Crippen LogP contribution in [0.1, 0.15) is 28.8 Å². The predicted molar refractivity (Wildman–Crippen MR) is 65.3 cm³/mol. The molecule has 0 unspecified atom stereocenters. The van der Waals surface area contributed by atoms with Gasteiger partial charge in [-0.3, -0.25) is 4.79 Å². The van der Waals surface area contributed by atoms with Crippen molar-refractivity contribution < 1.29 is 13.9 Å². The van der Waals surface area contributed by atoms with Crippen molar-refractivity contribution in [2.75, 3.05) is 20.2 Å². The van der Waals surface area contributed by atoms with Crippen molar-refractivity contribution in [2.24, 2.45) is 5.92 Å². The second-order valence-electron chi connectivity index (χ2n) is 5.14. The molecule has 18 heavy (non-hydrogen) atoms. The van der Waals surface area contributed by atoms with Crippen LogP contribution in [0.4, 0.5) is 4.39 Å². The molecule has 0 bridgehead atoms. The lowest BCUT2D eigenvalue weighted by Crippen LogP contribution is -2.35. The van der Waals surface area contributed by atoms with Gasteiger partial charge in [-0.15, -0.1) is 0 Å². The maximum atomic E-state index is 14.3. The molecule has 3 nitrogen and oxygen atoms in total. The van der Waals surface area contributed by atoms with Crippen LogP contribution in [0, 0.1) is 11.7 Å². The molecule has 1 amide bonds. The summed E-state index contributed by atoms with van der Waals surface area (Å²) in [6.45, 7) is 1.20. The van der Waals surface area contributed by atoms with Crippen molar-refractivity contribution in [3.63, 3.8) is 0 Å². The van der Waals surface area contributed by atoms with Crippen LogP contribution < -0.4 is 4.74 Å². The zero-order valence-electron chi connectivity index (χ0n) is 10.4. The van der Waals surface area contributed by atoms with E-state index in [1.54, 1.807) is 18.0 Å². The smallest absolute Gasteiger partial charge is 0.257 e. The molecule has 96 valence electrons. The van der Waals surface area contributed by atoms with E-state index in [0.717, 1.165) is 18.4 Å². The monoisotopic (exact) mass is 249 g/mol. The topological polar surface area (TPSA) is 29.5 Å². The second kappa shape index (κ2) is 4.26. The standard InChI is InChI=1S/C14H16FNO2/c1-16-7-6-10-4-5-11(18-8-9-2-3-9)13(15)12(10)14(16)17/h4-5,9H,2-3,6-8H2,1H3. The number of hydrogen-bond acceptors (Lipinski definition) is 2. The van der Waals surface area contributed by atoms with Crippen molar-refractivity contribution in [2.45, 2.75) is 19.3 Å². The van der Waals surface area contributed by atoms with Crippen LogP contribution in [0.3, 0.4) is 0 Å². The van der Waals surface area contributed by atoms with Gasteiger partial charge in [0.2, 0.25) is 0 Å². The van der Waals surface area contributed by atoms with Crippen molar-refractivity contribution in [3.05, 3.63) is 29.1 Å². The second-order valence-corrected chi connectivity index (χ2v) is 5.14. The summed E-state index contributed by atoms with van der Waals surface area (Å²) in [5.74, 6) is 0.0402. The largest absolute Gasteiger partial charge is 0.490 e. The van der Waals surface area contributed by atoms with Crippen LogP contribution in [0.25, 0.3) is 0 Å². The number of carbonyl (C=O) groups is 1. The Labute approximate surface area is 106 Å². The highest BCUT2D eigenvalue weighted by Crippen LogP contribution is 2.32. The number of rotatable bonds is 3. The summed E-state index contributed by atoms with van der Waals surface area (Å²) in [5, 5.41) is 0. The predicted octanol–water partition coefficient (Wildman–Crippen LogP) is 2.24. The number of carbonyl (C=O) groups excluding carboxylic acids is 1. The number of hydrogen-bond donors (Lipinski definition) is 0. The van der Waals surface area contributed by atoms with Gasteiger partial charge in [0.15, 0.2) is 11.6 Å². The van der Waals surface area contributed by atoms with E-state index in [9.17, 15) is 9.18 Å². The van der Waals surface area contributed by atoms with Gasteiger partial charge in [0.1, 0.15) is 0 Å². The van der Waals surface area contributed by atoms with Crippen molar-refractivity contribution >= 4 is 5.91 Å². The minimum atomic E-state index is -0.496. The lowest BCUT2D eigenvalue weighted by molar-refractivity contribution is 0.0774. The fourth-order valence-electron chi connectivity index (χ4n) is 2.22. The molecule has 1 aliphatic heterocycles. The van der Waals surface area contributed by atoms with E-state index in [0.29, 0.717) is 25.5 Å². The van der Waals surface area contributed by atoms with Crippen molar-refractivity contribution in [1.82, 2.24) is 4.90 Å². The van der Waals surface area contributed by atoms with Crippen LogP contribution >= 0.6 is 0 Å². The lowest BCUT2D eigenvalue weighted by Gasteiger charge is -2.25. The van der Waals surface area contributed by atoms with E-state index in [4.69, 9.17) is 4.74 Å². The van der Waals surface area contributed by atoms with Gasteiger partial charge < -0.3 is 9.64 Å². The fraction of sp³-hybridized carbons (Fsp3) is 0.500. The highest BCUT2D eigenvalue weighted by atomic mass is 19.1. The summed E-state index contributed by atoms with van der Waals surface area (Å²) in [5.41, 5.74) is 0.978. The highest BCUT2D eigenvalue weighted by molar-refractivity contribution is 5.97. The lowest BCUT2D eigenvalue weighted by atomic mass is 9.98. The third-order valence-corrected chi connectivity index (χ3v) is 3.64. The fourth-order valence-corrected chi connectivity index (χ4v) is 2.22. The zero-order valence-corrected chi connectivity index (χ0v) is 10.4. The van der Waals surface area contributed by atoms with Crippen LogP contribution in [-0.4, -0.2) is 31.0 Å². The first kappa shape index (κ1) is 11.5. The molecule has 0 N–H and O–H groups in total. The molecule has 0 saturated heterocycles. The molecule has 0 radical (unpaired) electrons. The molecular formula is C14H16FNO2. The molecule has 1 fully saturated rings. The average molecular weight is 249 g/mol. The van der Waals surface area contributed by atoms with Gasteiger partial charge in [0.25, 0.3) is 5.91 Å². The van der Waals surface area contributed by atoms with Gasteiger partial charge in [0, 0.05) is 13.6 Å². The third kappa shape index (κ3) is 1.96. The number of fused-ring (bicyclic) bond motifs is 1. The summed E-state index contributed by atoms with van der Waals surface area (Å²) in [4.78, 5) is 13.5. The molecule has 1 heterocycles. The van der Waals surface area contributed by atoms with Crippen molar-refractivity contribution in [3.8, 4) is 5.75 Å². The van der Waals surface area contributed by atoms with Gasteiger partial charge in [-0.25, -0.2) is 4.39 Å². The summed E-state index contributed by atoms with van der Waals surface area (Å²) in [7, 11) is 1.70. The SMILES string of the molecule is CN1CCc2ccc(OCC3CC3)c(F)c2C1=O. The first-order chi connectivity index (χ1) is 8.66. The Morgan fingerprint density at radius 1 is 1.44 bits per heavy atom. The molecule has 0 atom stereocenters. The van der Waals surface area contributed by atoms with Crippen LogP contribution in [0.15, 0.2) is 12.1 Å². The van der Waals surface area contributed by atoms with Crippen LogP contribution in [0.5, 0.6) is 5.75 Å². The van der Waals surface area contributed by atoms with E-state index in [1.807, 2.05) is 6.07 Å². The Morgan fingerprint density at radius 3 is 2.94 bits per heavy atom. The van der Waals surface area contributed by atoms with E-state index in [2.05, 4.69) is 0 Å². The Hall–Kier alpha value is -1.58. The van der Waals surface area contributed by atoms with E-state index >= 15 is 0 Å². The van der Waals surface area contributed by atoms with Gasteiger partial charge in [-0.05, 0) is 36.8 Å². The summed E-state index contributed by atoms with van der Waals surface area (Å²) in [6, 6.07) is 3.46. The minimum Gasteiger partial charge on any atom is -0.490 e. The normalized spacial score (nSPS) is 18.8. The molecule has 1 aromatic carbocycles. The third-order valence-electron chi connectivity index (χ3n) is 3.64. The van der Waals surface area contributed by atoms with Gasteiger partial charge in [-0.1, -0.05) is 6.07 Å². The molecule has 0 spiro atoms. The Kier molecular flexibility index (Phi) is 2.73. The number of benzene rings is 1. The highest BCUT2D eigenvalue weighted by Gasteiger charge is 2.28. The maximum absolute atomic E-state index is 14.3. The quantitative estimate of drug-likeness (QED) is 0.822. The molecule has 1 aliphatic carbocycles. The Morgan fingerprint density at radius 2 is 2.22 bits per heavy atom. The number of ether oxygens (including phenoxy) is 1. The van der Waals surface area contributed by atoms with Gasteiger partial charge in [0.05, 0.1) is 12.2 Å².